The first-order valence-electron chi connectivity index (χ1n) is 11.4. The Labute approximate surface area is 203 Å². The quantitative estimate of drug-likeness (QED) is 0.321. The molecule has 1 aliphatic heterocycles. The first-order chi connectivity index (χ1) is 17.1. The molecule has 1 saturated heterocycles. The molecule has 0 bridgehead atoms. The lowest BCUT2D eigenvalue weighted by atomic mass is 10.1. The van der Waals surface area contributed by atoms with E-state index < -0.39 is 5.91 Å². The second-order valence-corrected chi connectivity index (χ2v) is 8.08. The molecule has 1 aliphatic rings. The summed E-state index contributed by atoms with van der Waals surface area (Å²) in [6.45, 7) is 5.21. The van der Waals surface area contributed by atoms with Crippen molar-refractivity contribution in [2.24, 2.45) is 0 Å². The molecule has 0 saturated carbocycles. The number of ether oxygens (including phenoxy) is 2. The number of aromatic nitrogens is 1. The van der Waals surface area contributed by atoms with Crippen LogP contribution in [-0.2, 0) is 11.3 Å². The summed E-state index contributed by atoms with van der Waals surface area (Å²) in [5.74, 6) is -0.0234. The van der Waals surface area contributed by atoms with Crippen molar-refractivity contribution in [3.05, 3.63) is 83.6 Å². The number of hydrogen-bond acceptors (Lipinski definition) is 7. The van der Waals surface area contributed by atoms with Crippen LogP contribution >= 0.6 is 0 Å². The SMILES string of the molecule is O=C(NO)c1ccc(CNC(=O)c2ccnc(-c3ccc(OCCN4CCOCC4)cc3)c2)cc1. The van der Waals surface area contributed by atoms with Crippen LogP contribution in [0, 0.1) is 0 Å². The van der Waals surface area contributed by atoms with E-state index in [2.05, 4.69) is 15.2 Å². The molecule has 4 rings (SSSR count). The Morgan fingerprint density at radius 3 is 2.43 bits per heavy atom. The van der Waals surface area contributed by atoms with Gasteiger partial charge in [-0.1, -0.05) is 12.1 Å². The summed E-state index contributed by atoms with van der Waals surface area (Å²) in [6, 6.07) is 17.7. The van der Waals surface area contributed by atoms with Crippen LogP contribution in [-0.4, -0.2) is 66.4 Å². The van der Waals surface area contributed by atoms with Gasteiger partial charge in [-0.2, -0.15) is 0 Å². The molecule has 9 nitrogen and oxygen atoms in total. The largest absolute Gasteiger partial charge is 0.492 e. The number of hydroxylamine groups is 1. The predicted octanol–water partition coefficient (Wildman–Crippen LogP) is 2.51. The van der Waals surface area contributed by atoms with E-state index in [0.29, 0.717) is 30.0 Å². The normalized spacial score (nSPS) is 13.7. The third-order valence-electron chi connectivity index (χ3n) is 5.72. The van der Waals surface area contributed by atoms with Crippen molar-refractivity contribution in [3.63, 3.8) is 0 Å². The Morgan fingerprint density at radius 1 is 0.971 bits per heavy atom. The Morgan fingerprint density at radius 2 is 1.71 bits per heavy atom. The minimum Gasteiger partial charge on any atom is -0.492 e. The number of pyridine rings is 1. The fourth-order valence-electron chi connectivity index (χ4n) is 3.69. The van der Waals surface area contributed by atoms with Gasteiger partial charge in [0.05, 0.1) is 18.9 Å². The molecule has 0 atom stereocenters. The summed E-state index contributed by atoms with van der Waals surface area (Å²) in [5.41, 5.74) is 4.82. The number of amides is 2. The van der Waals surface area contributed by atoms with Crippen LogP contribution in [0.25, 0.3) is 11.3 Å². The van der Waals surface area contributed by atoms with E-state index in [4.69, 9.17) is 14.7 Å². The topological polar surface area (TPSA) is 113 Å². The van der Waals surface area contributed by atoms with Gasteiger partial charge in [-0.25, -0.2) is 5.48 Å². The highest BCUT2D eigenvalue weighted by molar-refractivity contribution is 5.95. The van der Waals surface area contributed by atoms with Gasteiger partial charge in [0.15, 0.2) is 0 Å². The monoisotopic (exact) mass is 476 g/mol. The number of carbonyl (C=O) groups is 2. The summed E-state index contributed by atoms with van der Waals surface area (Å²) in [4.78, 5) is 30.8. The van der Waals surface area contributed by atoms with Crippen LogP contribution in [0.1, 0.15) is 26.3 Å². The van der Waals surface area contributed by atoms with E-state index in [9.17, 15) is 9.59 Å². The van der Waals surface area contributed by atoms with Gasteiger partial charge < -0.3 is 14.8 Å². The van der Waals surface area contributed by atoms with Crippen molar-refractivity contribution in [2.45, 2.75) is 6.54 Å². The first-order valence-corrected chi connectivity index (χ1v) is 11.4. The molecule has 2 amide bonds. The fraction of sp³-hybridized carbons (Fsp3) is 0.269. The lowest BCUT2D eigenvalue weighted by Crippen LogP contribution is -2.38. The van der Waals surface area contributed by atoms with Gasteiger partial charge in [0.1, 0.15) is 12.4 Å². The Hall–Kier alpha value is -3.79. The van der Waals surface area contributed by atoms with E-state index >= 15 is 0 Å². The zero-order chi connectivity index (χ0) is 24.5. The number of nitrogens with zero attached hydrogens (tertiary/aromatic N) is 2. The Balaban J connectivity index is 1.30. The fourth-order valence-corrected chi connectivity index (χ4v) is 3.69. The molecule has 35 heavy (non-hydrogen) atoms. The molecular formula is C26H28N4O5. The van der Waals surface area contributed by atoms with Crippen LogP contribution in [0.5, 0.6) is 5.75 Å². The number of benzene rings is 2. The summed E-state index contributed by atoms with van der Waals surface area (Å²) in [5, 5.41) is 11.6. The van der Waals surface area contributed by atoms with Gasteiger partial charge in [0, 0.05) is 49.1 Å². The average Bonchev–Trinajstić information content (AvgIpc) is 2.92. The molecule has 3 aromatic rings. The van der Waals surface area contributed by atoms with Gasteiger partial charge in [-0.3, -0.25) is 24.7 Å². The highest BCUT2D eigenvalue weighted by Crippen LogP contribution is 2.21. The third kappa shape index (κ3) is 6.86. The summed E-state index contributed by atoms with van der Waals surface area (Å²) in [6.07, 6.45) is 1.61. The molecular weight excluding hydrogens is 448 g/mol. The number of carbonyl (C=O) groups excluding carboxylic acids is 2. The highest BCUT2D eigenvalue weighted by atomic mass is 16.5. The van der Waals surface area contributed by atoms with Crippen molar-refractivity contribution in [1.82, 2.24) is 20.7 Å². The molecule has 1 fully saturated rings. The number of hydrogen-bond donors (Lipinski definition) is 3. The second kappa shape index (κ2) is 12.1. The molecule has 0 unspecified atom stereocenters. The van der Waals surface area contributed by atoms with Crippen LogP contribution < -0.4 is 15.5 Å². The van der Waals surface area contributed by atoms with Gasteiger partial charge in [0.2, 0.25) is 0 Å². The molecule has 9 heteroatoms. The number of morpholine rings is 1. The van der Waals surface area contributed by atoms with Crippen molar-refractivity contribution >= 4 is 11.8 Å². The molecule has 0 radical (unpaired) electrons. The zero-order valence-electron chi connectivity index (χ0n) is 19.3. The number of nitrogens with one attached hydrogen (secondary N) is 2. The predicted molar refractivity (Wildman–Crippen MR) is 129 cm³/mol. The maximum Gasteiger partial charge on any atom is 0.274 e. The van der Waals surface area contributed by atoms with Crippen molar-refractivity contribution in [1.29, 1.82) is 0 Å². The lowest BCUT2D eigenvalue weighted by molar-refractivity contribution is 0.0322. The van der Waals surface area contributed by atoms with Crippen molar-refractivity contribution in [2.75, 3.05) is 39.5 Å². The zero-order valence-corrected chi connectivity index (χ0v) is 19.3. The summed E-state index contributed by atoms with van der Waals surface area (Å²) in [7, 11) is 0. The Kier molecular flexibility index (Phi) is 8.39. The average molecular weight is 477 g/mol. The minimum atomic E-state index is -0.586. The molecule has 0 aliphatic carbocycles. The lowest BCUT2D eigenvalue weighted by Gasteiger charge is -2.26. The van der Waals surface area contributed by atoms with E-state index in [-0.39, 0.29) is 5.91 Å². The van der Waals surface area contributed by atoms with Crippen molar-refractivity contribution < 1.29 is 24.3 Å². The smallest absolute Gasteiger partial charge is 0.274 e. The number of rotatable bonds is 9. The maximum absolute atomic E-state index is 12.7. The summed E-state index contributed by atoms with van der Waals surface area (Å²) < 4.78 is 11.2. The van der Waals surface area contributed by atoms with Gasteiger partial charge in [0.25, 0.3) is 11.8 Å². The molecule has 0 spiro atoms. The molecule has 3 N–H and O–H groups in total. The van der Waals surface area contributed by atoms with Crippen LogP contribution in [0.3, 0.4) is 0 Å². The van der Waals surface area contributed by atoms with E-state index in [1.807, 2.05) is 24.3 Å². The van der Waals surface area contributed by atoms with Gasteiger partial charge in [-0.05, 0) is 54.1 Å². The molecule has 2 aromatic carbocycles. The second-order valence-electron chi connectivity index (χ2n) is 8.08. The minimum absolute atomic E-state index is 0.228. The molecule has 182 valence electrons. The van der Waals surface area contributed by atoms with Crippen LogP contribution in [0.15, 0.2) is 66.9 Å². The van der Waals surface area contributed by atoms with Gasteiger partial charge >= 0.3 is 0 Å². The standard InChI is InChI=1S/C26H28N4O5/c31-25(28-18-19-1-3-21(4-2-19)26(32)29-33)22-9-10-27-24(17-22)20-5-7-23(8-6-20)35-16-13-30-11-14-34-15-12-30/h1-10,17,33H,11-16,18H2,(H,28,31)(H,29,32). The summed E-state index contributed by atoms with van der Waals surface area (Å²) >= 11 is 0. The van der Waals surface area contributed by atoms with E-state index in [1.165, 1.54) is 0 Å². The first kappa shape index (κ1) is 24.3. The van der Waals surface area contributed by atoms with E-state index in [0.717, 1.165) is 49.7 Å². The van der Waals surface area contributed by atoms with Crippen LogP contribution in [0.2, 0.25) is 0 Å². The van der Waals surface area contributed by atoms with E-state index in [1.54, 1.807) is 48.1 Å². The van der Waals surface area contributed by atoms with Gasteiger partial charge in [-0.15, -0.1) is 0 Å². The maximum atomic E-state index is 12.7. The van der Waals surface area contributed by atoms with Crippen LogP contribution in [0.4, 0.5) is 0 Å². The molecule has 1 aromatic heterocycles. The Bertz CT molecular complexity index is 1130. The molecule has 2 heterocycles. The third-order valence-corrected chi connectivity index (χ3v) is 5.72. The highest BCUT2D eigenvalue weighted by Gasteiger charge is 2.11. The van der Waals surface area contributed by atoms with Crippen molar-refractivity contribution in [3.8, 4) is 17.0 Å².